The third-order valence-electron chi connectivity index (χ3n) is 3.19. The summed E-state index contributed by atoms with van der Waals surface area (Å²) in [6.07, 6.45) is 0. The second-order valence-corrected chi connectivity index (χ2v) is 5.64. The topological polar surface area (TPSA) is 23.8 Å². The summed E-state index contributed by atoms with van der Waals surface area (Å²) >= 11 is 0. The highest BCUT2D eigenvalue weighted by atomic mass is 14.3. The van der Waals surface area contributed by atoms with E-state index in [0.29, 0.717) is 17.8 Å². The Kier molecular flexibility index (Phi) is 7.45. The van der Waals surface area contributed by atoms with E-state index in [2.05, 4.69) is 59.7 Å². The van der Waals surface area contributed by atoms with Crippen LogP contribution in [0, 0.1) is 11.3 Å². The largest absolute Gasteiger partial charge is 0.192 e. The van der Waals surface area contributed by atoms with E-state index in [9.17, 15) is 0 Å². The number of nitrogens with zero attached hydrogens (tertiary/aromatic N) is 1. The summed E-state index contributed by atoms with van der Waals surface area (Å²) in [5.41, 5.74) is 4.90. The molecule has 0 saturated carbocycles. The minimum absolute atomic E-state index is 0.471. The summed E-state index contributed by atoms with van der Waals surface area (Å²) in [4.78, 5) is 0. The molecule has 106 valence electrons. The maximum absolute atomic E-state index is 9.13. The van der Waals surface area contributed by atoms with Crippen molar-refractivity contribution in [2.45, 2.75) is 73.1 Å². The average Bonchev–Trinajstić information content (AvgIpc) is 2.38. The summed E-state index contributed by atoms with van der Waals surface area (Å²) in [7, 11) is 0. The molecule has 0 heterocycles. The second-order valence-electron chi connectivity index (χ2n) is 5.64. The van der Waals surface area contributed by atoms with Gasteiger partial charge < -0.3 is 0 Å². The molecule has 0 atom stereocenters. The molecule has 0 unspecified atom stereocenters. The Morgan fingerprint density at radius 3 is 1.37 bits per heavy atom. The molecule has 1 nitrogen and oxygen atoms in total. The van der Waals surface area contributed by atoms with Gasteiger partial charge in [0, 0.05) is 0 Å². The van der Waals surface area contributed by atoms with Gasteiger partial charge in [-0.1, -0.05) is 55.4 Å². The molecule has 0 saturated heterocycles. The first-order chi connectivity index (χ1) is 8.88. The number of benzene rings is 1. The molecule has 0 fully saturated rings. The van der Waals surface area contributed by atoms with Crippen molar-refractivity contribution < 1.29 is 0 Å². The molecule has 0 aliphatic carbocycles. The van der Waals surface area contributed by atoms with Crippen LogP contribution in [0.1, 0.15) is 95.4 Å². The predicted molar refractivity (Wildman–Crippen MR) is 84.8 cm³/mol. The standard InChI is InChI=1S/C16H23N.C2H6/c1-10(2)14-7-13(9-17)8-15(11(3)4)16(14)12(5)6;1-2/h7-8,10-12H,1-6H3;1-2H3. The highest BCUT2D eigenvalue weighted by molar-refractivity contribution is 5.47. The molecule has 1 aromatic rings. The van der Waals surface area contributed by atoms with E-state index in [-0.39, 0.29) is 0 Å². The number of hydrogen-bond acceptors (Lipinski definition) is 1. The van der Waals surface area contributed by atoms with Gasteiger partial charge >= 0.3 is 0 Å². The monoisotopic (exact) mass is 259 g/mol. The molecule has 1 heteroatoms. The zero-order valence-electron chi connectivity index (χ0n) is 13.8. The van der Waals surface area contributed by atoms with Gasteiger partial charge in [-0.3, -0.25) is 0 Å². The van der Waals surface area contributed by atoms with Crippen molar-refractivity contribution in [3.63, 3.8) is 0 Å². The van der Waals surface area contributed by atoms with Gasteiger partial charge in [-0.05, 0) is 46.6 Å². The van der Waals surface area contributed by atoms with Crippen molar-refractivity contribution in [1.29, 1.82) is 5.26 Å². The van der Waals surface area contributed by atoms with Crippen LogP contribution in [0.3, 0.4) is 0 Å². The van der Waals surface area contributed by atoms with E-state index in [4.69, 9.17) is 5.26 Å². The van der Waals surface area contributed by atoms with Crippen molar-refractivity contribution in [1.82, 2.24) is 0 Å². The van der Waals surface area contributed by atoms with E-state index in [1.54, 1.807) is 0 Å². The molecule has 1 aromatic carbocycles. The predicted octanol–water partition coefficient (Wildman–Crippen LogP) is 5.95. The molecular formula is C18H29N. The van der Waals surface area contributed by atoms with Crippen molar-refractivity contribution in [2.75, 3.05) is 0 Å². The van der Waals surface area contributed by atoms with Crippen LogP contribution in [-0.2, 0) is 0 Å². The lowest BCUT2D eigenvalue weighted by molar-refractivity contribution is 0.747. The van der Waals surface area contributed by atoms with Crippen LogP contribution in [0.2, 0.25) is 0 Å². The third-order valence-corrected chi connectivity index (χ3v) is 3.19. The lowest BCUT2D eigenvalue weighted by Gasteiger charge is -2.22. The molecule has 0 aliphatic rings. The van der Waals surface area contributed by atoms with Gasteiger partial charge in [0.15, 0.2) is 0 Å². The highest BCUT2D eigenvalue weighted by Crippen LogP contribution is 2.34. The summed E-state index contributed by atoms with van der Waals surface area (Å²) in [6, 6.07) is 6.41. The lowest BCUT2D eigenvalue weighted by Crippen LogP contribution is -2.06. The molecule has 0 radical (unpaired) electrons. The number of rotatable bonds is 3. The first-order valence-electron chi connectivity index (χ1n) is 7.46. The second kappa shape index (κ2) is 8.00. The fraction of sp³-hybridized carbons (Fsp3) is 0.611. The number of hydrogen-bond donors (Lipinski definition) is 0. The van der Waals surface area contributed by atoms with Gasteiger partial charge in [-0.15, -0.1) is 0 Å². The molecule has 19 heavy (non-hydrogen) atoms. The van der Waals surface area contributed by atoms with Crippen LogP contribution < -0.4 is 0 Å². The van der Waals surface area contributed by atoms with Crippen molar-refractivity contribution in [3.05, 3.63) is 34.4 Å². The molecule has 0 aromatic heterocycles. The Balaban J connectivity index is 0.00000154. The summed E-state index contributed by atoms with van der Waals surface area (Å²) in [6.45, 7) is 17.3. The van der Waals surface area contributed by atoms with E-state index >= 15 is 0 Å². The van der Waals surface area contributed by atoms with Gasteiger partial charge in [-0.2, -0.15) is 5.26 Å². The SMILES string of the molecule is CC.CC(C)c1cc(C#N)cc(C(C)C)c1C(C)C. The van der Waals surface area contributed by atoms with Gasteiger partial charge in [0.25, 0.3) is 0 Å². The van der Waals surface area contributed by atoms with Gasteiger partial charge in [0.2, 0.25) is 0 Å². The summed E-state index contributed by atoms with van der Waals surface area (Å²) < 4.78 is 0. The first kappa shape index (κ1) is 17.7. The van der Waals surface area contributed by atoms with Crippen LogP contribution in [0.4, 0.5) is 0 Å². The normalized spacial score (nSPS) is 10.4. The zero-order chi connectivity index (χ0) is 15.2. The molecule has 0 amide bonds. The number of nitriles is 1. The molecule has 1 rings (SSSR count). The van der Waals surface area contributed by atoms with E-state index in [0.717, 1.165) is 5.56 Å². The van der Waals surface area contributed by atoms with Crippen molar-refractivity contribution in [3.8, 4) is 6.07 Å². The maximum atomic E-state index is 9.13. The van der Waals surface area contributed by atoms with Crippen molar-refractivity contribution in [2.24, 2.45) is 0 Å². The third kappa shape index (κ3) is 4.39. The van der Waals surface area contributed by atoms with E-state index in [1.165, 1.54) is 16.7 Å². The van der Waals surface area contributed by atoms with Gasteiger partial charge in [0.05, 0.1) is 11.6 Å². The minimum atomic E-state index is 0.471. The maximum Gasteiger partial charge on any atom is 0.0991 e. The Hall–Kier alpha value is -1.29. The Labute approximate surface area is 119 Å². The molecule has 0 spiro atoms. The summed E-state index contributed by atoms with van der Waals surface area (Å²) in [5.74, 6) is 1.45. The Morgan fingerprint density at radius 1 is 0.789 bits per heavy atom. The quantitative estimate of drug-likeness (QED) is 0.657. The van der Waals surface area contributed by atoms with Crippen LogP contribution in [0.15, 0.2) is 12.1 Å². The zero-order valence-corrected chi connectivity index (χ0v) is 13.8. The smallest absolute Gasteiger partial charge is 0.0991 e. The van der Waals surface area contributed by atoms with Gasteiger partial charge in [0.1, 0.15) is 0 Å². The molecule has 0 aliphatic heterocycles. The first-order valence-corrected chi connectivity index (χ1v) is 7.46. The highest BCUT2D eigenvalue weighted by Gasteiger charge is 2.17. The van der Waals surface area contributed by atoms with Crippen molar-refractivity contribution >= 4 is 0 Å². The van der Waals surface area contributed by atoms with E-state index < -0.39 is 0 Å². The average molecular weight is 259 g/mol. The van der Waals surface area contributed by atoms with Crippen LogP contribution >= 0.6 is 0 Å². The van der Waals surface area contributed by atoms with Crippen LogP contribution in [-0.4, -0.2) is 0 Å². The Morgan fingerprint density at radius 2 is 1.16 bits per heavy atom. The van der Waals surface area contributed by atoms with Crippen LogP contribution in [0.25, 0.3) is 0 Å². The molecule has 0 N–H and O–H groups in total. The van der Waals surface area contributed by atoms with Crippen LogP contribution in [0.5, 0.6) is 0 Å². The minimum Gasteiger partial charge on any atom is -0.192 e. The fourth-order valence-electron chi connectivity index (χ4n) is 2.39. The fourth-order valence-corrected chi connectivity index (χ4v) is 2.39. The lowest BCUT2D eigenvalue weighted by atomic mass is 9.82. The van der Waals surface area contributed by atoms with Gasteiger partial charge in [-0.25, -0.2) is 0 Å². The Bertz CT molecular complexity index is 404. The molecule has 0 bridgehead atoms. The van der Waals surface area contributed by atoms with E-state index in [1.807, 2.05) is 13.8 Å². The summed E-state index contributed by atoms with van der Waals surface area (Å²) in [5, 5.41) is 9.13. The molecular weight excluding hydrogens is 230 g/mol.